The average molecular weight is 436 g/mol. The fraction of sp³-hybridized carbons (Fsp3) is 0.261. The SMILES string of the molecule is O=C(CCC1Cc2ccccc2NC1=O)Nc1nc(-c2ccc3c(c2)OCCO3)cs1. The number of benzene rings is 2. The third kappa shape index (κ3) is 4.25. The maximum Gasteiger partial charge on any atom is 0.227 e. The summed E-state index contributed by atoms with van der Waals surface area (Å²) < 4.78 is 11.2. The number of carbonyl (C=O) groups is 2. The summed E-state index contributed by atoms with van der Waals surface area (Å²) in [6, 6.07) is 13.5. The van der Waals surface area contributed by atoms with Crippen LogP contribution in [0.15, 0.2) is 47.8 Å². The van der Waals surface area contributed by atoms with E-state index in [2.05, 4.69) is 15.6 Å². The molecule has 2 amide bonds. The first kappa shape index (κ1) is 19.6. The molecule has 5 rings (SSSR count). The van der Waals surface area contributed by atoms with E-state index in [1.54, 1.807) is 0 Å². The summed E-state index contributed by atoms with van der Waals surface area (Å²) in [4.78, 5) is 29.3. The van der Waals surface area contributed by atoms with Crippen LogP contribution in [0.3, 0.4) is 0 Å². The Bertz CT molecular complexity index is 1140. The average Bonchev–Trinajstić information content (AvgIpc) is 3.25. The van der Waals surface area contributed by atoms with Crippen LogP contribution in [0.1, 0.15) is 18.4 Å². The van der Waals surface area contributed by atoms with Crippen molar-refractivity contribution in [3.8, 4) is 22.8 Å². The highest BCUT2D eigenvalue weighted by Gasteiger charge is 2.26. The van der Waals surface area contributed by atoms with Gasteiger partial charge < -0.3 is 20.1 Å². The molecule has 8 heteroatoms. The molecule has 1 unspecified atom stereocenters. The fourth-order valence-corrected chi connectivity index (χ4v) is 4.54. The van der Waals surface area contributed by atoms with Crippen molar-refractivity contribution < 1.29 is 19.1 Å². The number of para-hydroxylation sites is 1. The molecule has 3 heterocycles. The van der Waals surface area contributed by atoms with Gasteiger partial charge in [-0.05, 0) is 42.7 Å². The number of carbonyl (C=O) groups excluding carboxylic acids is 2. The summed E-state index contributed by atoms with van der Waals surface area (Å²) in [6.45, 7) is 1.08. The van der Waals surface area contributed by atoms with Crippen LogP contribution >= 0.6 is 11.3 Å². The number of ether oxygens (including phenoxy) is 2. The van der Waals surface area contributed by atoms with Crippen LogP contribution in [0, 0.1) is 5.92 Å². The van der Waals surface area contributed by atoms with Gasteiger partial charge in [-0.2, -0.15) is 0 Å². The molecule has 2 aliphatic heterocycles. The van der Waals surface area contributed by atoms with Crippen molar-refractivity contribution >= 4 is 34.0 Å². The predicted molar refractivity (Wildman–Crippen MR) is 119 cm³/mol. The molecule has 1 aromatic heterocycles. The molecule has 2 aromatic carbocycles. The zero-order valence-electron chi connectivity index (χ0n) is 16.7. The molecule has 0 bridgehead atoms. The summed E-state index contributed by atoms with van der Waals surface area (Å²) in [5.41, 5.74) is 3.64. The summed E-state index contributed by atoms with van der Waals surface area (Å²) in [7, 11) is 0. The normalized spacial score (nSPS) is 16.9. The molecule has 0 fully saturated rings. The molecular weight excluding hydrogens is 414 g/mol. The second kappa shape index (κ2) is 8.39. The standard InChI is InChI=1S/C23H21N3O4S/c27-21(8-6-16-11-14-3-1-2-4-17(14)24-22(16)28)26-23-25-18(13-31-23)15-5-7-19-20(12-15)30-10-9-29-19/h1-5,7,12-13,16H,6,8-11H2,(H,24,28)(H,25,26,27). The molecule has 2 aliphatic rings. The summed E-state index contributed by atoms with van der Waals surface area (Å²) in [6.07, 6.45) is 1.41. The van der Waals surface area contributed by atoms with Crippen LogP contribution in [0.4, 0.5) is 10.8 Å². The van der Waals surface area contributed by atoms with Crippen LogP contribution in [0.5, 0.6) is 11.5 Å². The van der Waals surface area contributed by atoms with Gasteiger partial charge in [0.05, 0.1) is 5.69 Å². The topological polar surface area (TPSA) is 89.6 Å². The van der Waals surface area contributed by atoms with E-state index < -0.39 is 0 Å². The first-order chi connectivity index (χ1) is 15.2. The predicted octanol–water partition coefficient (Wildman–Crippen LogP) is 4.11. The van der Waals surface area contributed by atoms with Crippen molar-refractivity contribution in [3.63, 3.8) is 0 Å². The Hall–Kier alpha value is -3.39. The number of thiazole rings is 1. The Balaban J connectivity index is 1.18. The van der Waals surface area contributed by atoms with E-state index in [9.17, 15) is 9.59 Å². The first-order valence-electron chi connectivity index (χ1n) is 10.2. The molecule has 158 valence electrons. The van der Waals surface area contributed by atoms with Crippen molar-refractivity contribution in [2.75, 3.05) is 23.8 Å². The number of amides is 2. The number of hydrogen-bond donors (Lipinski definition) is 2. The van der Waals surface area contributed by atoms with Gasteiger partial charge in [0, 0.05) is 29.0 Å². The van der Waals surface area contributed by atoms with Crippen LogP contribution in [0.25, 0.3) is 11.3 Å². The van der Waals surface area contributed by atoms with Gasteiger partial charge in [-0.1, -0.05) is 18.2 Å². The maximum absolute atomic E-state index is 12.4. The highest BCUT2D eigenvalue weighted by atomic mass is 32.1. The van der Waals surface area contributed by atoms with Gasteiger partial charge in [-0.3, -0.25) is 9.59 Å². The minimum atomic E-state index is -0.203. The van der Waals surface area contributed by atoms with Crippen molar-refractivity contribution in [1.82, 2.24) is 4.98 Å². The number of rotatable bonds is 5. The summed E-state index contributed by atoms with van der Waals surface area (Å²) in [5.74, 6) is 1.06. The van der Waals surface area contributed by atoms with Crippen molar-refractivity contribution in [2.45, 2.75) is 19.3 Å². The lowest BCUT2D eigenvalue weighted by atomic mass is 9.89. The van der Waals surface area contributed by atoms with Crippen molar-refractivity contribution in [3.05, 3.63) is 53.4 Å². The lowest BCUT2D eigenvalue weighted by Crippen LogP contribution is -2.30. The lowest BCUT2D eigenvalue weighted by Gasteiger charge is -2.24. The van der Waals surface area contributed by atoms with E-state index in [0.29, 0.717) is 36.9 Å². The van der Waals surface area contributed by atoms with E-state index in [1.165, 1.54) is 11.3 Å². The molecule has 7 nitrogen and oxygen atoms in total. The quantitative estimate of drug-likeness (QED) is 0.630. The van der Waals surface area contributed by atoms with E-state index in [0.717, 1.165) is 28.3 Å². The molecule has 0 saturated heterocycles. The highest BCUT2D eigenvalue weighted by Crippen LogP contribution is 2.35. The number of nitrogens with one attached hydrogen (secondary N) is 2. The number of anilines is 2. The Morgan fingerprint density at radius 3 is 2.90 bits per heavy atom. The fourth-order valence-electron chi connectivity index (χ4n) is 3.80. The Morgan fingerprint density at radius 1 is 1.16 bits per heavy atom. The molecule has 1 atom stereocenters. The molecule has 0 aliphatic carbocycles. The largest absolute Gasteiger partial charge is 0.486 e. The zero-order chi connectivity index (χ0) is 21.2. The second-order valence-electron chi connectivity index (χ2n) is 7.53. The Labute approximate surface area is 183 Å². The van der Waals surface area contributed by atoms with Gasteiger partial charge in [0.2, 0.25) is 11.8 Å². The van der Waals surface area contributed by atoms with Crippen molar-refractivity contribution in [2.24, 2.45) is 5.92 Å². The van der Waals surface area contributed by atoms with Crippen LogP contribution < -0.4 is 20.1 Å². The molecular formula is C23H21N3O4S. The third-order valence-corrected chi connectivity index (χ3v) is 6.18. The monoisotopic (exact) mass is 435 g/mol. The van der Waals surface area contributed by atoms with Crippen molar-refractivity contribution in [1.29, 1.82) is 0 Å². The van der Waals surface area contributed by atoms with Gasteiger partial charge in [0.25, 0.3) is 0 Å². The van der Waals surface area contributed by atoms with Gasteiger partial charge in [-0.15, -0.1) is 11.3 Å². The number of hydrogen-bond acceptors (Lipinski definition) is 6. The Kier molecular flexibility index (Phi) is 5.30. The summed E-state index contributed by atoms with van der Waals surface area (Å²) in [5, 5.41) is 8.21. The van der Waals surface area contributed by atoms with Gasteiger partial charge in [0.15, 0.2) is 16.6 Å². The summed E-state index contributed by atoms with van der Waals surface area (Å²) >= 11 is 1.37. The smallest absolute Gasteiger partial charge is 0.227 e. The minimum Gasteiger partial charge on any atom is -0.486 e. The number of aromatic nitrogens is 1. The number of fused-ring (bicyclic) bond motifs is 2. The maximum atomic E-state index is 12.4. The van der Waals surface area contributed by atoms with Gasteiger partial charge in [-0.25, -0.2) is 4.98 Å². The molecule has 3 aromatic rings. The minimum absolute atomic E-state index is 0.0263. The van der Waals surface area contributed by atoms with E-state index >= 15 is 0 Å². The molecule has 0 spiro atoms. The van der Waals surface area contributed by atoms with Crippen LogP contribution in [0.2, 0.25) is 0 Å². The lowest BCUT2D eigenvalue weighted by molar-refractivity contribution is -0.121. The first-order valence-corrected chi connectivity index (χ1v) is 11.1. The highest BCUT2D eigenvalue weighted by molar-refractivity contribution is 7.14. The van der Waals surface area contributed by atoms with Gasteiger partial charge >= 0.3 is 0 Å². The molecule has 0 radical (unpaired) electrons. The van der Waals surface area contributed by atoms with E-state index in [4.69, 9.17) is 9.47 Å². The second-order valence-corrected chi connectivity index (χ2v) is 8.39. The van der Waals surface area contributed by atoms with Crippen LogP contribution in [-0.2, 0) is 16.0 Å². The van der Waals surface area contributed by atoms with E-state index in [-0.39, 0.29) is 24.2 Å². The van der Waals surface area contributed by atoms with E-state index in [1.807, 2.05) is 47.8 Å². The number of nitrogens with zero attached hydrogens (tertiary/aromatic N) is 1. The zero-order valence-corrected chi connectivity index (χ0v) is 17.5. The Morgan fingerprint density at radius 2 is 2.00 bits per heavy atom. The molecule has 2 N–H and O–H groups in total. The van der Waals surface area contributed by atoms with Gasteiger partial charge in [0.1, 0.15) is 13.2 Å². The third-order valence-electron chi connectivity index (χ3n) is 5.42. The molecule has 0 saturated carbocycles. The molecule has 31 heavy (non-hydrogen) atoms. The van der Waals surface area contributed by atoms with Crippen LogP contribution in [-0.4, -0.2) is 30.0 Å².